The smallest absolute Gasteiger partial charge is 0.223 e. The molecule has 1 aromatic carbocycles. The molecule has 0 bridgehead atoms. The van der Waals surface area contributed by atoms with Gasteiger partial charge in [0.25, 0.3) is 0 Å². The third-order valence-corrected chi connectivity index (χ3v) is 6.33. The number of hydrogen-bond acceptors (Lipinski definition) is 4. The van der Waals surface area contributed by atoms with Crippen molar-refractivity contribution < 1.29 is 9.90 Å². The maximum Gasteiger partial charge on any atom is 0.223 e. The number of likely N-dealkylation sites (tertiary alicyclic amines) is 2. The van der Waals surface area contributed by atoms with E-state index in [0.29, 0.717) is 12.6 Å². The molecule has 2 N–H and O–H groups in total. The minimum atomic E-state index is -0.470. The number of carbonyl (C=O) groups is 1. The quantitative estimate of drug-likeness (QED) is 0.719. The molecule has 0 saturated carbocycles. The standard InChI is InChI=1S/C23H37N3O2/c1-19(27)18-24-23(28)21-9-16-26(17-10-21)22-11-14-25(15-12-22)13-5-8-20-6-3-2-4-7-20/h2-4,6-7,19,21-22,27H,5,8-18H2,1H3,(H,24,28)/t19-/m0/s1. The molecule has 0 aromatic heterocycles. The second-order valence-corrected chi connectivity index (χ2v) is 8.57. The number of benzene rings is 1. The molecule has 28 heavy (non-hydrogen) atoms. The van der Waals surface area contributed by atoms with E-state index in [0.717, 1.165) is 25.9 Å². The molecule has 0 aliphatic carbocycles. The topological polar surface area (TPSA) is 55.8 Å². The van der Waals surface area contributed by atoms with Gasteiger partial charge < -0.3 is 20.2 Å². The first-order valence-electron chi connectivity index (χ1n) is 11.1. The second-order valence-electron chi connectivity index (χ2n) is 8.57. The molecule has 0 radical (unpaired) electrons. The lowest BCUT2D eigenvalue weighted by atomic mass is 9.92. The lowest BCUT2D eigenvalue weighted by Crippen LogP contribution is -2.49. The number of aliphatic hydroxyl groups excluding tert-OH is 1. The molecular weight excluding hydrogens is 350 g/mol. The van der Waals surface area contributed by atoms with Gasteiger partial charge in [0.2, 0.25) is 5.91 Å². The SMILES string of the molecule is C[C@H](O)CNC(=O)C1CCN(C2CCN(CCCc3ccccc3)CC2)CC1. The molecule has 0 spiro atoms. The summed E-state index contributed by atoms with van der Waals surface area (Å²) in [6.07, 6.45) is 6.34. The van der Waals surface area contributed by atoms with E-state index in [4.69, 9.17) is 0 Å². The van der Waals surface area contributed by atoms with Crippen molar-refractivity contribution in [1.82, 2.24) is 15.1 Å². The highest BCUT2D eigenvalue weighted by molar-refractivity contribution is 5.78. The van der Waals surface area contributed by atoms with Crippen LogP contribution in [-0.2, 0) is 11.2 Å². The van der Waals surface area contributed by atoms with Crippen molar-refractivity contribution >= 4 is 5.91 Å². The summed E-state index contributed by atoms with van der Waals surface area (Å²) >= 11 is 0. The molecule has 2 heterocycles. The van der Waals surface area contributed by atoms with E-state index in [2.05, 4.69) is 45.4 Å². The average Bonchev–Trinajstić information content (AvgIpc) is 2.73. The number of aryl methyl sites for hydroxylation is 1. The van der Waals surface area contributed by atoms with Gasteiger partial charge >= 0.3 is 0 Å². The summed E-state index contributed by atoms with van der Waals surface area (Å²) in [4.78, 5) is 17.4. The van der Waals surface area contributed by atoms with Gasteiger partial charge in [-0.2, -0.15) is 0 Å². The van der Waals surface area contributed by atoms with Crippen LogP contribution in [0.15, 0.2) is 30.3 Å². The van der Waals surface area contributed by atoms with Crippen LogP contribution in [0.2, 0.25) is 0 Å². The Bertz CT molecular complexity index is 577. The minimum absolute atomic E-state index is 0.119. The van der Waals surface area contributed by atoms with E-state index >= 15 is 0 Å². The summed E-state index contributed by atoms with van der Waals surface area (Å²) in [6, 6.07) is 11.5. The van der Waals surface area contributed by atoms with Crippen LogP contribution >= 0.6 is 0 Å². The Hall–Kier alpha value is -1.43. The van der Waals surface area contributed by atoms with Gasteiger partial charge in [0.15, 0.2) is 0 Å². The lowest BCUT2D eigenvalue weighted by molar-refractivity contribution is -0.127. The summed E-state index contributed by atoms with van der Waals surface area (Å²) in [6.45, 7) is 7.74. The lowest BCUT2D eigenvalue weighted by Gasteiger charge is -2.41. The Balaban J connectivity index is 1.30. The van der Waals surface area contributed by atoms with E-state index in [1.54, 1.807) is 6.92 Å². The van der Waals surface area contributed by atoms with Gasteiger partial charge in [0.1, 0.15) is 0 Å². The largest absolute Gasteiger partial charge is 0.392 e. The zero-order valence-electron chi connectivity index (χ0n) is 17.4. The number of amides is 1. The summed E-state index contributed by atoms with van der Waals surface area (Å²) in [7, 11) is 0. The van der Waals surface area contributed by atoms with Crippen LogP contribution in [0.3, 0.4) is 0 Å². The monoisotopic (exact) mass is 387 g/mol. The first-order chi connectivity index (χ1) is 13.6. The Morgan fingerprint density at radius 1 is 1.11 bits per heavy atom. The molecular formula is C23H37N3O2. The molecule has 3 rings (SSSR count). The van der Waals surface area contributed by atoms with Gasteiger partial charge in [-0.05, 0) is 83.7 Å². The first-order valence-corrected chi connectivity index (χ1v) is 11.1. The van der Waals surface area contributed by atoms with E-state index < -0.39 is 6.10 Å². The van der Waals surface area contributed by atoms with Crippen molar-refractivity contribution in [2.24, 2.45) is 5.92 Å². The number of hydrogen-bond donors (Lipinski definition) is 2. The number of aliphatic hydroxyl groups is 1. The van der Waals surface area contributed by atoms with E-state index in [1.807, 2.05) is 0 Å². The van der Waals surface area contributed by atoms with Gasteiger partial charge in [-0.25, -0.2) is 0 Å². The predicted molar refractivity (Wildman–Crippen MR) is 113 cm³/mol. The maximum absolute atomic E-state index is 12.2. The number of nitrogens with zero attached hydrogens (tertiary/aromatic N) is 2. The van der Waals surface area contributed by atoms with Crippen LogP contribution in [0.4, 0.5) is 0 Å². The zero-order chi connectivity index (χ0) is 19.8. The van der Waals surface area contributed by atoms with Crippen molar-refractivity contribution in [3.63, 3.8) is 0 Å². The molecule has 1 amide bonds. The number of carbonyl (C=O) groups excluding carboxylic acids is 1. The third-order valence-electron chi connectivity index (χ3n) is 6.33. The minimum Gasteiger partial charge on any atom is -0.392 e. The molecule has 1 aromatic rings. The summed E-state index contributed by atoms with van der Waals surface area (Å²) in [5, 5.41) is 12.2. The molecule has 2 fully saturated rings. The average molecular weight is 388 g/mol. The van der Waals surface area contributed by atoms with Crippen LogP contribution in [-0.4, -0.2) is 72.2 Å². The fourth-order valence-electron chi connectivity index (χ4n) is 4.58. The van der Waals surface area contributed by atoms with Gasteiger partial charge in [-0.15, -0.1) is 0 Å². The third kappa shape index (κ3) is 6.57. The van der Waals surface area contributed by atoms with Crippen molar-refractivity contribution in [2.75, 3.05) is 39.3 Å². The highest BCUT2D eigenvalue weighted by Crippen LogP contribution is 2.24. The highest BCUT2D eigenvalue weighted by atomic mass is 16.3. The first kappa shape index (κ1) is 21.3. The van der Waals surface area contributed by atoms with Gasteiger partial charge in [-0.3, -0.25) is 4.79 Å². The fourth-order valence-corrected chi connectivity index (χ4v) is 4.58. The molecule has 0 unspecified atom stereocenters. The van der Waals surface area contributed by atoms with Crippen molar-refractivity contribution in [3.05, 3.63) is 35.9 Å². The zero-order valence-corrected chi connectivity index (χ0v) is 17.4. The molecule has 2 aliphatic heterocycles. The normalized spacial score (nSPS) is 21.5. The van der Waals surface area contributed by atoms with Gasteiger partial charge in [0, 0.05) is 18.5 Å². The van der Waals surface area contributed by atoms with Crippen LogP contribution in [0, 0.1) is 5.92 Å². The van der Waals surface area contributed by atoms with E-state index in [1.165, 1.54) is 50.9 Å². The maximum atomic E-state index is 12.2. The summed E-state index contributed by atoms with van der Waals surface area (Å²) in [5.41, 5.74) is 1.44. The Morgan fingerprint density at radius 2 is 1.79 bits per heavy atom. The molecule has 5 heteroatoms. The molecule has 2 aliphatic rings. The van der Waals surface area contributed by atoms with Crippen LogP contribution < -0.4 is 5.32 Å². The van der Waals surface area contributed by atoms with Crippen molar-refractivity contribution in [1.29, 1.82) is 0 Å². The fraction of sp³-hybridized carbons (Fsp3) is 0.696. The molecule has 1 atom stereocenters. The highest BCUT2D eigenvalue weighted by Gasteiger charge is 2.30. The van der Waals surface area contributed by atoms with Crippen LogP contribution in [0.25, 0.3) is 0 Å². The van der Waals surface area contributed by atoms with Gasteiger partial charge in [0.05, 0.1) is 6.10 Å². The van der Waals surface area contributed by atoms with Crippen LogP contribution in [0.1, 0.15) is 44.6 Å². The molecule has 156 valence electrons. The van der Waals surface area contributed by atoms with Crippen LogP contribution in [0.5, 0.6) is 0 Å². The Kier molecular flexibility index (Phi) is 8.31. The Labute approximate surface area is 170 Å². The Morgan fingerprint density at radius 3 is 2.43 bits per heavy atom. The van der Waals surface area contributed by atoms with Crippen molar-refractivity contribution in [3.8, 4) is 0 Å². The number of rotatable bonds is 8. The molecule has 2 saturated heterocycles. The summed E-state index contributed by atoms with van der Waals surface area (Å²) < 4.78 is 0. The van der Waals surface area contributed by atoms with E-state index in [9.17, 15) is 9.90 Å². The van der Waals surface area contributed by atoms with Crippen molar-refractivity contribution in [2.45, 2.75) is 57.6 Å². The van der Waals surface area contributed by atoms with E-state index in [-0.39, 0.29) is 11.8 Å². The summed E-state index contributed by atoms with van der Waals surface area (Å²) in [5.74, 6) is 0.238. The predicted octanol–water partition coefficient (Wildman–Crippen LogP) is 2.29. The van der Waals surface area contributed by atoms with Gasteiger partial charge in [-0.1, -0.05) is 30.3 Å². The molecule has 5 nitrogen and oxygen atoms in total. The number of nitrogens with one attached hydrogen (secondary N) is 1. The number of piperidine rings is 2. The second kappa shape index (κ2) is 10.9.